The third-order valence-electron chi connectivity index (χ3n) is 3.34. The van der Waals surface area contributed by atoms with Gasteiger partial charge in [0.2, 0.25) is 10.0 Å². The molecule has 2 rings (SSSR count). The number of hydrogen-bond donors (Lipinski definition) is 1. The maximum Gasteiger partial charge on any atom is 0.246 e. The molecule has 0 aromatic carbocycles. The molecule has 19 heavy (non-hydrogen) atoms. The van der Waals surface area contributed by atoms with Crippen molar-refractivity contribution in [1.29, 1.82) is 0 Å². The van der Waals surface area contributed by atoms with Crippen LogP contribution in [0.15, 0.2) is 23.2 Å². The first-order chi connectivity index (χ1) is 9.01. The molecule has 1 aromatic heterocycles. The van der Waals surface area contributed by atoms with Gasteiger partial charge in [0.15, 0.2) is 0 Å². The summed E-state index contributed by atoms with van der Waals surface area (Å²) in [7, 11) is -1.98. The van der Waals surface area contributed by atoms with Gasteiger partial charge in [0.05, 0.1) is 0 Å². The van der Waals surface area contributed by atoms with Gasteiger partial charge in [0, 0.05) is 33.0 Å². The van der Waals surface area contributed by atoms with E-state index in [9.17, 15) is 8.42 Å². The molecule has 0 atom stereocenters. The second-order valence-corrected chi connectivity index (χ2v) is 6.74. The molecule has 1 aromatic rings. The summed E-state index contributed by atoms with van der Waals surface area (Å²) in [4.78, 5) is 3.90. The molecule has 2 N–H and O–H groups in total. The maximum atomic E-state index is 12.4. The average molecular weight is 285 g/mol. The van der Waals surface area contributed by atoms with Gasteiger partial charge in [-0.25, -0.2) is 17.7 Å². The Morgan fingerprint density at radius 1 is 1.47 bits per heavy atom. The number of ether oxygens (including phenoxy) is 1. The normalized spacial score (nSPS) is 17.8. The van der Waals surface area contributed by atoms with E-state index in [0.717, 1.165) is 12.8 Å². The van der Waals surface area contributed by atoms with Crippen molar-refractivity contribution in [3.05, 3.63) is 18.3 Å². The Balaban J connectivity index is 2.13. The van der Waals surface area contributed by atoms with Gasteiger partial charge in [-0.1, -0.05) is 0 Å². The SMILES string of the molecule is CN(CC1CCOCC1)S(=O)(=O)c1cccnc1N. The van der Waals surface area contributed by atoms with E-state index in [0.29, 0.717) is 25.7 Å². The Kier molecular flexibility index (Phi) is 4.38. The molecule has 1 fully saturated rings. The molecule has 7 heteroatoms. The molecule has 0 bridgehead atoms. The number of sulfonamides is 1. The van der Waals surface area contributed by atoms with E-state index in [1.54, 1.807) is 13.1 Å². The van der Waals surface area contributed by atoms with Gasteiger partial charge < -0.3 is 10.5 Å². The lowest BCUT2D eigenvalue weighted by Gasteiger charge is -2.26. The lowest BCUT2D eigenvalue weighted by molar-refractivity contribution is 0.0620. The molecular formula is C12H19N3O3S. The first-order valence-corrected chi connectivity index (χ1v) is 7.70. The molecule has 0 aliphatic carbocycles. The lowest BCUT2D eigenvalue weighted by atomic mass is 10.0. The number of pyridine rings is 1. The Bertz CT molecular complexity index is 527. The van der Waals surface area contributed by atoms with Crippen molar-refractivity contribution in [3.8, 4) is 0 Å². The van der Waals surface area contributed by atoms with Crippen LogP contribution in [0.4, 0.5) is 5.82 Å². The summed E-state index contributed by atoms with van der Waals surface area (Å²) in [6.45, 7) is 1.89. The number of anilines is 1. The first-order valence-electron chi connectivity index (χ1n) is 6.26. The summed E-state index contributed by atoms with van der Waals surface area (Å²) in [6.07, 6.45) is 3.26. The number of nitrogens with two attached hydrogens (primary N) is 1. The van der Waals surface area contributed by atoms with Gasteiger partial charge in [0.25, 0.3) is 0 Å². The summed E-state index contributed by atoms with van der Waals surface area (Å²) in [5.74, 6) is 0.382. The van der Waals surface area contributed by atoms with Gasteiger partial charge in [-0.2, -0.15) is 0 Å². The van der Waals surface area contributed by atoms with E-state index >= 15 is 0 Å². The van der Waals surface area contributed by atoms with Crippen LogP contribution in [0.3, 0.4) is 0 Å². The minimum Gasteiger partial charge on any atom is -0.383 e. The second kappa shape index (κ2) is 5.85. The molecular weight excluding hydrogens is 266 g/mol. The fourth-order valence-electron chi connectivity index (χ4n) is 2.18. The summed E-state index contributed by atoms with van der Waals surface area (Å²) >= 11 is 0. The third kappa shape index (κ3) is 3.23. The van der Waals surface area contributed by atoms with Crippen LogP contribution in [0.1, 0.15) is 12.8 Å². The Labute approximate surface area is 113 Å². The topological polar surface area (TPSA) is 85.5 Å². The van der Waals surface area contributed by atoms with Crippen LogP contribution in [-0.4, -0.2) is 44.5 Å². The van der Waals surface area contributed by atoms with E-state index in [1.807, 2.05) is 0 Å². The second-order valence-electron chi connectivity index (χ2n) is 4.73. The standard InChI is InChI=1S/C12H19N3O3S/c1-15(9-10-4-7-18-8-5-10)19(16,17)11-3-2-6-14-12(11)13/h2-3,6,10H,4-5,7-9H2,1H3,(H2,13,14). The zero-order valence-corrected chi connectivity index (χ0v) is 11.8. The predicted molar refractivity (Wildman–Crippen MR) is 72.0 cm³/mol. The highest BCUT2D eigenvalue weighted by atomic mass is 32.2. The molecule has 6 nitrogen and oxygen atoms in total. The highest BCUT2D eigenvalue weighted by molar-refractivity contribution is 7.89. The van der Waals surface area contributed by atoms with Gasteiger partial charge in [-0.3, -0.25) is 0 Å². The summed E-state index contributed by atoms with van der Waals surface area (Å²) in [5, 5.41) is 0. The van der Waals surface area contributed by atoms with Crippen LogP contribution in [0.2, 0.25) is 0 Å². The number of aromatic nitrogens is 1. The molecule has 0 spiro atoms. The van der Waals surface area contributed by atoms with Gasteiger partial charge in [0.1, 0.15) is 10.7 Å². The minimum atomic E-state index is -3.56. The fraction of sp³-hybridized carbons (Fsp3) is 0.583. The van der Waals surface area contributed by atoms with Crippen molar-refractivity contribution in [2.75, 3.05) is 32.5 Å². The van der Waals surface area contributed by atoms with Gasteiger partial charge >= 0.3 is 0 Å². The van der Waals surface area contributed by atoms with E-state index in [1.165, 1.54) is 16.6 Å². The number of nitrogens with zero attached hydrogens (tertiary/aromatic N) is 2. The summed E-state index contributed by atoms with van der Waals surface area (Å²) < 4.78 is 31.4. The molecule has 0 amide bonds. The highest BCUT2D eigenvalue weighted by Gasteiger charge is 2.26. The van der Waals surface area contributed by atoms with Crippen LogP contribution in [-0.2, 0) is 14.8 Å². The van der Waals surface area contributed by atoms with Crippen LogP contribution in [0.5, 0.6) is 0 Å². The fourth-order valence-corrected chi connectivity index (χ4v) is 3.49. The zero-order valence-electron chi connectivity index (χ0n) is 10.9. The van der Waals surface area contributed by atoms with E-state index < -0.39 is 10.0 Å². The van der Waals surface area contributed by atoms with Gasteiger partial charge in [-0.15, -0.1) is 0 Å². The van der Waals surface area contributed by atoms with E-state index in [2.05, 4.69) is 4.98 Å². The quantitative estimate of drug-likeness (QED) is 0.880. The van der Waals surface area contributed by atoms with Crippen molar-refractivity contribution in [2.45, 2.75) is 17.7 Å². The summed E-state index contributed by atoms with van der Waals surface area (Å²) in [6, 6.07) is 3.06. The maximum absolute atomic E-state index is 12.4. The van der Waals surface area contributed by atoms with Crippen molar-refractivity contribution >= 4 is 15.8 Å². The lowest BCUT2D eigenvalue weighted by Crippen LogP contribution is -2.34. The molecule has 1 saturated heterocycles. The Hall–Kier alpha value is -1.18. The minimum absolute atomic E-state index is 0.0429. The van der Waals surface area contributed by atoms with E-state index in [-0.39, 0.29) is 10.7 Å². The first kappa shape index (κ1) is 14.2. The van der Waals surface area contributed by atoms with Crippen LogP contribution in [0.25, 0.3) is 0 Å². The molecule has 0 saturated carbocycles. The predicted octanol–water partition coefficient (Wildman–Crippen LogP) is 0.711. The highest BCUT2D eigenvalue weighted by Crippen LogP contribution is 2.22. The van der Waals surface area contributed by atoms with Crippen molar-refractivity contribution in [3.63, 3.8) is 0 Å². The number of hydrogen-bond acceptors (Lipinski definition) is 5. The molecule has 106 valence electrons. The van der Waals surface area contributed by atoms with Crippen molar-refractivity contribution in [1.82, 2.24) is 9.29 Å². The van der Waals surface area contributed by atoms with E-state index in [4.69, 9.17) is 10.5 Å². The van der Waals surface area contributed by atoms with Gasteiger partial charge in [-0.05, 0) is 30.9 Å². The molecule has 1 aliphatic rings. The zero-order chi connectivity index (χ0) is 13.9. The van der Waals surface area contributed by atoms with Crippen LogP contribution < -0.4 is 5.73 Å². The number of nitrogen functional groups attached to an aromatic ring is 1. The monoisotopic (exact) mass is 285 g/mol. The average Bonchev–Trinajstić information content (AvgIpc) is 2.40. The smallest absolute Gasteiger partial charge is 0.246 e. The third-order valence-corrected chi connectivity index (χ3v) is 5.21. The van der Waals surface area contributed by atoms with Crippen molar-refractivity contribution < 1.29 is 13.2 Å². The van der Waals surface area contributed by atoms with Crippen LogP contribution >= 0.6 is 0 Å². The molecule has 1 aliphatic heterocycles. The Morgan fingerprint density at radius 2 is 2.16 bits per heavy atom. The largest absolute Gasteiger partial charge is 0.383 e. The Morgan fingerprint density at radius 3 is 2.79 bits per heavy atom. The molecule has 0 radical (unpaired) electrons. The summed E-state index contributed by atoms with van der Waals surface area (Å²) in [5.41, 5.74) is 5.64. The molecule has 2 heterocycles. The number of rotatable bonds is 4. The van der Waals surface area contributed by atoms with Crippen molar-refractivity contribution in [2.24, 2.45) is 5.92 Å². The molecule has 0 unspecified atom stereocenters. The van der Waals surface area contributed by atoms with Crippen LogP contribution in [0, 0.1) is 5.92 Å².